The Balaban J connectivity index is 2.04. The molecular weight excluding hydrogens is 212 g/mol. The van der Waals surface area contributed by atoms with Crippen molar-refractivity contribution in [2.24, 2.45) is 0 Å². The van der Waals surface area contributed by atoms with Crippen molar-refractivity contribution in [1.29, 1.82) is 0 Å². The maximum Gasteiger partial charge on any atom is 0.0586 e. The standard InChI is InChI=1S/C15H22O2/c1-11-5-3-4-6-15(11)13(10-16)9-14-8-7-12(2)17-14/h3-6,12-14,16H,7-10H2,1-2H3. The number of aliphatic hydroxyl groups excluding tert-OH is 1. The lowest BCUT2D eigenvalue weighted by Crippen LogP contribution is -2.16. The monoisotopic (exact) mass is 234 g/mol. The van der Waals surface area contributed by atoms with Gasteiger partial charge in [0.2, 0.25) is 0 Å². The maximum absolute atomic E-state index is 9.57. The van der Waals surface area contributed by atoms with E-state index in [1.54, 1.807) is 0 Å². The number of ether oxygens (including phenoxy) is 1. The van der Waals surface area contributed by atoms with Crippen molar-refractivity contribution in [2.75, 3.05) is 6.61 Å². The van der Waals surface area contributed by atoms with Crippen LogP contribution in [0, 0.1) is 6.92 Å². The summed E-state index contributed by atoms with van der Waals surface area (Å²) in [5, 5.41) is 9.57. The predicted molar refractivity (Wildman–Crippen MR) is 69.2 cm³/mol. The third-order valence-corrected chi connectivity index (χ3v) is 3.72. The second-order valence-electron chi connectivity index (χ2n) is 5.12. The minimum absolute atomic E-state index is 0.207. The molecule has 1 fully saturated rings. The SMILES string of the molecule is Cc1ccccc1C(CO)CC1CCC(C)O1. The van der Waals surface area contributed by atoms with Crippen molar-refractivity contribution < 1.29 is 9.84 Å². The first-order chi connectivity index (χ1) is 8.20. The molecule has 0 amide bonds. The van der Waals surface area contributed by atoms with Crippen LogP contribution in [-0.2, 0) is 4.74 Å². The molecule has 0 aliphatic carbocycles. The second-order valence-corrected chi connectivity index (χ2v) is 5.12. The van der Waals surface area contributed by atoms with Gasteiger partial charge in [-0.2, -0.15) is 0 Å². The van der Waals surface area contributed by atoms with E-state index in [4.69, 9.17) is 4.74 Å². The molecule has 1 saturated heterocycles. The minimum Gasteiger partial charge on any atom is -0.396 e. The van der Waals surface area contributed by atoms with E-state index < -0.39 is 0 Å². The van der Waals surface area contributed by atoms with Gasteiger partial charge in [0.05, 0.1) is 18.8 Å². The van der Waals surface area contributed by atoms with E-state index in [0.29, 0.717) is 12.2 Å². The topological polar surface area (TPSA) is 29.5 Å². The first-order valence-corrected chi connectivity index (χ1v) is 6.52. The predicted octanol–water partition coefficient (Wildman–Crippen LogP) is 3.03. The van der Waals surface area contributed by atoms with Crippen LogP contribution in [0.25, 0.3) is 0 Å². The zero-order valence-electron chi connectivity index (χ0n) is 10.7. The number of hydrogen-bond acceptors (Lipinski definition) is 2. The van der Waals surface area contributed by atoms with Gasteiger partial charge in [0.25, 0.3) is 0 Å². The van der Waals surface area contributed by atoms with E-state index in [0.717, 1.165) is 19.3 Å². The van der Waals surface area contributed by atoms with Crippen LogP contribution in [0.15, 0.2) is 24.3 Å². The molecule has 1 aromatic rings. The zero-order chi connectivity index (χ0) is 12.3. The number of benzene rings is 1. The summed E-state index contributed by atoms with van der Waals surface area (Å²) in [6.45, 7) is 4.44. The van der Waals surface area contributed by atoms with Crippen LogP contribution >= 0.6 is 0 Å². The highest BCUT2D eigenvalue weighted by atomic mass is 16.5. The lowest BCUT2D eigenvalue weighted by Gasteiger charge is -2.20. The molecule has 94 valence electrons. The van der Waals surface area contributed by atoms with E-state index in [2.05, 4.69) is 26.0 Å². The van der Waals surface area contributed by atoms with Crippen LogP contribution in [0.4, 0.5) is 0 Å². The number of hydrogen-bond donors (Lipinski definition) is 1. The Morgan fingerprint density at radius 3 is 2.71 bits per heavy atom. The summed E-state index contributed by atoms with van der Waals surface area (Å²) in [6, 6.07) is 8.31. The van der Waals surface area contributed by atoms with E-state index in [9.17, 15) is 5.11 Å². The van der Waals surface area contributed by atoms with Crippen molar-refractivity contribution in [2.45, 2.75) is 51.2 Å². The Morgan fingerprint density at radius 2 is 2.12 bits per heavy atom. The Labute approximate surface area is 104 Å². The fourth-order valence-electron chi connectivity index (χ4n) is 2.72. The summed E-state index contributed by atoms with van der Waals surface area (Å²) in [5.41, 5.74) is 2.52. The molecule has 1 aliphatic rings. The van der Waals surface area contributed by atoms with Gasteiger partial charge >= 0.3 is 0 Å². The lowest BCUT2D eigenvalue weighted by molar-refractivity contribution is 0.0422. The molecular formula is C15H22O2. The molecule has 2 nitrogen and oxygen atoms in total. The van der Waals surface area contributed by atoms with Gasteiger partial charge < -0.3 is 9.84 Å². The lowest BCUT2D eigenvalue weighted by atomic mass is 9.90. The number of aliphatic hydroxyl groups is 1. The van der Waals surface area contributed by atoms with Crippen LogP contribution in [0.5, 0.6) is 0 Å². The van der Waals surface area contributed by atoms with Crippen molar-refractivity contribution in [3.05, 3.63) is 35.4 Å². The van der Waals surface area contributed by atoms with Crippen molar-refractivity contribution >= 4 is 0 Å². The molecule has 3 unspecified atom stereocenters. The van der Waals surface area contributed by atoms with E-state index in [-0.39, 0.29) is 12.5 Å². The third kappa shape index (κ3) is 3.08. The fourth-order valence-corrected chi connectivity index (χ4v) is 2.72. The molecule has 3 atom stereocenters. The Kier molecular flexibility index (Phi) is 4.19. The Morgan fingerprint density at radius 1 is 1.35 bits per heavy atom. The van der Waals surface area contributed by atoms with E-state index in [1.807, 2.05) is 12.1 Å². The average molecular weight is 234 g/mol. The van der Waals surface area contributed by atoms with Crippen molar-refractivity contribution in [1.82, 2.24) is 0 Å². The normalized spacial score (nSPS) is 26.1. The van der Waals surface area contributed by atoms with Crippen molar-refractivity contribution in [3.8, 4) is 0 Å². The van der Waals surface area contributed by atoms with Crippen molar-refractivity contribution in [3.63, 3.8) is 0 Å². The summed E-state index contributed by atoms with van der Waals surface area (Å²) in [7, 11) is 0. The van der Waals surface area contributed by atoms with Gasteiger partial charge in [0.1, 0.15) is 0 Å². The second kappa shape index (κ2) is 5.65. The highest BCUT2D eigenvalue weighted by Gasteiger charge is 2.25. The molecule has 1 aliphatic heterocycles. The Bertz CT molecular complexity index is 362. The molecule has 1 N–H and O–H groups in total. The first kappa shape index (κ1) is 12.6. The Hall–Kier alpha value is -0.860. The molecule has 0 spiro atoms. The third-order valence-electron chi connectivity index (χ3n) is 3.72. The highest BCUT2D eigenvalue weighted by molar-refractivity contribution is 5.29. The summed E-state index contributed by atoms with van der Waals surface area (Å²) in [4.78, 5) is 0. The number of aryl methyl sites for hydroxylation is 1. The fraction of sp³-hybridized carbons (Fsp3) is 0.600. The van der Waals surface area contributed by atoms with Crippen LogP contribution in [0.1, 0.15) is 43.2 Å². The van der Waals surface area contributed by atoms with Gasteiger partial charge in [-0.15, -0.1) is 0 Å². The van der Waals surface area contributed by atoms with Gasteiger partial charge in [-0.1, -0.05) is 24.3 Å². The van der Waals surface area contributed by atoms with E-state index in [1.165, 1.54) is 11.1 Å². The smallest absolute Gasteiger partial charge is 0.0586 e. The first-order valence-electron chi connectivity index (χ1n) is 6.52. The number of rotatable bonds is 4. The molecule has 1 aromatic carbocycles. The largest absolute Gasteiger partial charge is 0.396 e. The van der Waals surface area contributed by atoms with Crippen LogP contribution in [-0.4, -0.2) is 23.9 Å². The van der Waals surface area contributed by atoms with Crippen LogP contribution in [0.3, 0.4) is 0 Å². The van der Waals surface area contributed by atoms with Gasteiger partial charge in [-0.05, 0) is 44.2 Å². The summed E-state index contributed by atoms with van der Waals surface area (Å²) >= 11 is 0. The van der Waals surface area contributed by atoms with Crippen LogP contribution < -0.4 is 0 Å². The van der Waals surface area contributed by atoms with Gasteiger partial charge in [0.15, 0.2) is 0 Å². The average Bonchev–Trinajstić information content (AvgIpc) is 2.73. The van der Waals surface area contributed by atoms with Gasteiger partial charge in [0, 0.05) is 5.92 Å². The van der Waals surface area contributed by atoms with Crippen LogP contribution in [0.2, 0.25) is 0 Å². The minimum atomic E-state index is 0.207. The summed E-state index contributed by atoms with van der Waals surface area (Å²) in [5.74, 6) is 0.214. The highest BCUT2D eigenvalue weighted by Crippen LogP contribution is 2.30. The maximum atomic E-state index is 9.57. The van der Waals surface area contributed by atoms with Gasteiger partial charge in [-0.3, -0.25) is 0 Å². The molecule has 17 heavy (non-hydrogen) atoms. The molecule has 0 radical (unpaired) electrons. The molecule has 2 rings (SSSR count). The zero-order valence-corrected chi connectivity index (χ0v) is 10.7. The molecule has 2 heteroatoms. The van der Waals surface area contributed by atoms with E-state index >= 15 is 0 Å². The summed E-state index contributed by atoms with van der Waals surface area (Å²) < 4.78 is 5.84. The van der Waals surface area contributed by atoms with Gasteiger partial charge in [-0.25, -0.2) is 0 Å². The molecule has 0 bridgehead atoms. The molecule has 0 saturated carbocycles. The molecule has 1 heterocycles. The quantitative estimate of drug-likeness (QED) is 0.867. The summed E-state index contributed by atoms with van der Waals surface area (Å²) in [6.07, 6.45) is 3.92. The molecule has 0 aromatic heterocycles.